The van der Waals surface area contributed by atoms with Crippen LogP contribution in [0.4, 0.5) is 0 Å². The minimum atomic E-state index is 0.477. The molecule has 0 aliphatic carbocycles. The standard InChI is InChI=1S/C5H10N4/c1-3-5(8-4-6)9(2)7/h3-4,6H,1,7H2,2H3/b6-4?,8-5-. The van der Waals surface area contributed by atoms with E-state index in [1.165, 1.54) is 11.1 Å². The topological polar surface area (TPSA) is 65.5 Å². The molecule has 0 aromatic heterocycles. The van der Waals surface area contributed by atoms with E-state index >= 15 is 0 Å². The highest BCUT2D eigenvalue weighted by atomic mass is 15.4. The Labute approximate surface area is 54.2 Å². The second-order valence-corrected chi connectivity index (χ2v) is 1.43. The first-order valence-electron chi connectivity index (χ1n) is 2.40. The first-order chi connectivity index (χ1) is 4.22. The SMILES string of the molecule is C=C/C(=N/C=N)N(C)N. The predicted octanol–water partition coefficient (Wildman–Crippen LogP) is -0.0165. The molecule has 0 unspecified atom stereocenters. The van der Waals surface area contributed by atoms with Crippen LogP contribution < -0.4 is 5.84 Å². The molecule has 0 aromatic carbocycles. The molecule has 0 spiro atoms. The molecule has 0 amide bonds. The number of hydrogen-bond donors (Lipinski definition) is 2. The van der Waals surface area contributed by atoms with Crippen LogP contribution in [0.25, 0.3) is 0 Å². The highest BCUT2D eigenvalue weighted by Gasteiger charge is 1.91. The van der Waals surface area contributed by atoms with E-state index < -0.39 is 0 Å². The number of rotatable bonds is 2. The van der Waals surface area contributed by atoms with E-state index in [1.807, 2.05) is 0 Å². The van der Waals surface area contributed by atoms with Crippen LogP contribution in [-0.2, 0) is 0 Å². The molecular formula is C5H10N4. The summed E-state index contributed by atoms with van der Waals surface area (Å²) in [6.45, 7) is 3.45. The quantitative estimate of drug-likeness (QED) is 0.236. The monoisotopic (exact) mass is 126 g/mol. The summed E-state index contributed by atoms with van der Waals surface area (Å²) in [6, 6.07) is 0. The molecule has 0 saturated heterocycles. The number of amidine groups is 1. The van der Waals surface area contributed by atoms with Crippen molar-refractivity contribution in [3.63, 3.8) is 0 Å². The van der Waals surface area contributed by atoms with Gasteiger partial charge in [-0.25, -0.2) is 10.8 Å². The van der Waals surface area contributed by atoms with Gasteiger partial charge in [0, 0.05) is 7.05 Å². The van der Waals surface area contributed by atoms with E-state index in [-0.39, 0.29) is 0 Å². The van der Waals surface area contributed by atoms with Gasteiger partial charge in [0.05, 0.1) is 0 Å². The number of nitrogens with zero attached hydrogens (tertiary/aromatic N) is 2. The van der Waals surface area contributed by atoms with Crippen molar-refractivity contribution in [3.05, 3.63) is 12.7 Å². The fourth-order valence-electron chi connectivity index (χ4n) is 0.354. The van der Waals surface area contributed by atoms with Crippen LogP contribution in [0.15, 0.2) is 17.6 Å². The summed E-state index contributed by atoms with van der Waals surface area (Å²) in [6.07, 6.45) is 2.39. The summed E-state index contributed by atoms with van der Waals surface area (Å²) in [5, 5.41) is 7.88. The first-order valence-corrected chi connectivity index (χ1v) is 2.40. The normalized spacial score (nSPS) is 10.7. The smallest absolute Gasteiger partial charge is 0.143 e. The van der Waals surface area contributed by atoms with Crippen molar-refractivity contribution in [2.24, 2.45) is 10.8 Å². The number of hydrazine groups is 1. The lowest BCUT2D eigenvalue weighted by Gasteiger charge is -2.08. The maximum Gasteiger partial charge on any atom is 0.143 e. The second-order valence-electron chi connectivity index (χ2n) is 1.43. The molecular weight excluding hydrogens is 116 g/mol. The molecule has 50 valence electrons. The Hall–Kier alpha value is -1.16. The average molecular weight is 126 g/mol. The number of nitrogens with two attached hydrogens (primary N) is 1. The Morgan fingerprint density at radius 3 is 2.56 bits per heavy atom. The summed E-state index contributed by atoms with van der Waals surface area (Å²) >= 11 is 0. The minimum Gasteiger partial charge on any atom is -0.298 e. The van der Waals surface area contributed by atoms with Crippen molar-refractivity contribution in [1.82, 2.24) is 5.01 Å². The molecule has 9 heavy (non-hydrogen) atoms. The molecule has 0 saturated carbocycles. The van der Waals surface area contributed by atoms with Crippen LogP contribution in [-0.4, -0.2) is 24.2 Å². The second kappa shape index (κ2) is 3.80. The van der Waals surface area contributed by atoms with Crippen molar-refractivity contribution in [2.45, 2.75) is 0 Å². The van der Waals surface area contributed by atoms with Gasteiger partial charge in [0.2, 0.25) is 0 Å². The summed E-state index contributed by atoms with van der Waals surface area (Å²) < 4.78 is 0. The fourth-order valence-corrected chi connectivity index (χ4v) is 0.354. The van der Waals surface area contributed by atoms with Crippen LogP contribution in [0.3, 0.4) is 0 Å². The third-order valence-electron chi connectivity index (χ3n) is 0.741. The van der Waals surface area contributed by atoms with Gasteiger partial charge in [-0.3, -0.25) is 10.4 Å². The van der Waals surface area contributed by atoms with Crippen LogP contribution in [0, 0.1) is 5.41 Å². The van der Waals surface area contributed by atoms with Crippen LogP contribution in [0.2, 0.25) is 0 Å². The van der Waals surface area contributed by atoms with Crippen LogP contribution in [0.5, 0.6) is 0 Å². The van der Waals surface area contributed by atoms with Crippen molar-refractivity contribution in [1.29, 1.82) is 5.41 Å². The number of nitrogens with one attached hydrogen (secondary N) is 1. The highest BCUT2D eigenvalue weighted by Crippen LogP contribution is 1.78. The maximum atomic E-state index is 6.59. The summed E-state index contributed by atoms with van der Waals surface area (Å²) in [5.41, 5.74) is 0. The van der Waals surface area contributed by atoms with Gasteiger partial charge in [0.15, 0.2) is 0 Å². The first kappa shape index (κ1) is 7.84. The third kappa shape index (κ3) is 2.61. The largest absolute Gasteiger partial charge is 0.298 e. The Morgan fingerprint density at radius 2 is 2.44 bits per heavy atom. The molecule has 0 rings (SSSR count). The Morgan fingerprint density at radius 1 is 1.89 bits per heavy atom. The van der Waals surface area contributed by atoms with Crippen molar-refractivity contribution >= 4 is 12.2 Å². The predicted molar refractivity (Wildman–Crippen MR) is 38.4 cm³/mol. The zero-order valence-corrected chi connectivity index (χ0v) is 5.33. The molecule has 0 aromatic rings. The van der Waals surface area contributed by atoms with Crippen molar-refractivity contribution < 1.29 is 0 Å². The summed E-state index contributed by atoms with van der Waals surface area (Å²) in [4.78, 5) is 3.58. The summed E-state index contributed by atoms with van der Waals surface area (Å²) in [7, 11) is 1.63. The number of aliphatic imine (C=N–C) groups is 1. The fraction of sp³-hybridized carbons (Fsp3) is 0.200. The molecule has 0 bridgehead atoms. The molecule has 0 atom stereocenters. The van der Waals surface area contributed by atoms with Gasteiger partial charge in [-0.2, -0.15) is 0 Å². The van der Waals surface area contributed by atoms with Crippen molar-refractivity contribution in [2.75, 3.05) is 7.05 Å². The Bertz CT molecular complexity index is 136. The molecule has 4 heteroatoms. The number of hydrogen-bond acceptors (Lipinski definition) is 2. The Balaban J connectivity index is 4.13. The van der Waals surface area contributed by atoms with Crippen molar-refractivity contribution in [3.8, 4) is 0 Å². The summed E-state index contributed by atoms with van der Waals surface area (Å²) in [5.74, 6) is 5.74. The third-order valence-corrected chi connectivity index (χ3v) is 0.741. The van der Waals surface area contributed by atoms with E-state index in [0.717, 1.165) is 6.34 Å². The van der Waals surface area contributed by atoms with Crippen LogP contribution in [0.1, 0.15) is 0 Å². The van der Waals surface area contributed by atoms with Gasteiger partial charge in [0.1, 0.15) is 12.2 Å². The van der Waals surface area contributed by atoms with E-state index in [4.69, 9.17) is 11.3 Å². The lowest BCUT2D eigenvalue weighted by atomic mass is 10.5. The lowest BCUT2D eigenvalue weighted by molar-refractivity contribution is 0.543. The van der Waals surface area contributed by atoms with Gasteiger partial charge in [0.25, 0.3) is 0 Å². The van der Waals surface area contributed by atoms with Gasteiger partial charge >= 0.3 is 0 Å². The van der Waals surface area contributed by atoms with Crippen LogP contribution >= 0.6 is 0 Å². The van der Waals surface area contributed by atoms with E-state index in [0.29, 0.717) is 5.84 Å². The molecule has 0 aliphatic rings. The zero-order chi connectivity index (χ0) is 7.28. The van der Waals surface area contributed by atoms with E-state index in [9.17, 15) is 0 Å². The molecule has 3 N–H and O–H groups in total. The molecule has 0 fully saturated rings. The van der Waals surface area contributed by atoms with Gasteiger partial charge < -0.3 is 0 Å². The highest BCUT2D eigenvalue weighted by molar-refractivity contribution is 5.96. The van der Waals surface area contributed by atoms with Gasteiger partial charge in [-0.15, -0.1) is 0 Å². The molecule has 0 aliphatic heterocycles. The van der Waals surface area contributed by atoms with E-state index in [2.05, 4.69) is 11.6 Å². The average Bonchev–Trinajstić information content (AvgIpc) is 1.82. The van der Waals surface area contributed by atoms with Gasteiger partial charge in [-0.05, 0) is 6.08 Å². The maximum absolute atomic E-state index is 6.59. The zero-order valence-electron chi connectivity index (χ0n) is 5.33. The Kier molecular flexibility index (Phi) is 3.31. The van der Waals surface area contributed by atoms with E-state index in [1.54, 1.807) is 7.05 Å². The minimum absolute atomic E-state index is 0.477. The van der Waals surface area contributed by atoms with Gasteiger partial charge in [-0.1, -0.05) is 6.58 Å². The molecule has 0 heterocycles. The number of likely N-dealkylation sites (N-methyl/N-ethyl adjacent to an activating group) is 1. The molecule has 0 radical (unpaired) electrons. The molecule has 4 nitrogen and oxygen atoms in total. The lowest BCUT2D eigenvalue weighted by Crippen LogP contribution is -2.31.